The third-order valence-electron chi connectivity index (χ3n) is 3.96. The third-order valence-corrected chi connectivity index (χ3v) is 3.96. The van der Waals surface area contributed by atoms with Gasteiger partial charge in [-0.25, -0.2) is 0 Å². The van der Waals surface area contributed by atoms with Crippen molar-refractivity contribution in [2.45, 2.75) is 58.8 Å². The Morgan fingerprint density at radius 1 is 1.18 bits per heavy atom. The van der Waals surface area contributed by atoms with E-state index in [0.717, 1.165) is 18.4 Å². The van der Waals surface area contributed by atoms with Crippen molar-refractivity contribution >= 4 is 5.78 Å². The summed E-state index contributed by atoms with van der Waals surface area (Å²) in [7, 11) is 0. The zero-order chi connectivity index (χ0) is 12.9. The maximum absolute atomic E-state index is 11.5. The SMILES string of the molecule is CCCC(CC)(CC)c1cccc(C(C)=O)c1. The fraction of sp³-hybridized carbons (Fsp3) is 0.562. The number of ketones is 1. The van der Waals surface area contributed by atoms with Crippen LogP contribution in [0.5, 0.6) is 0 Å². The second-order valence-corrected chi connectivity index (χ2v) is 4.87. The van der Waals surface area contributed by atoms with Gasteiger partial charge in [-0.2, -0.15) is 0 Å². The zero-order valence-electron chi connectivity index (χ0n) is 11.5. The summed E-state index contributed by atoms with van der Waals surface area (Å²) in [4.78, 5) is 11.5. The van der Waals surface area contributed by atoms with Crippen LogP contribution in [0.2, 0.25) is 0 Å². The number of hydrogen-bond donors (Lipinski definition) is 0. The summed E-state index contributed by atoms with van der Waals surface area (Å²) in [5, 5.41) is 0. The van der Waals surface area contributed by atoms with Gasteiger partial charge in [0.1, 0.15) is 0 Å². The minimum absolute atomic E-state index is 0.157. The predicted molar refractivity (Wildman–Crippen MR) is 73.6 cm³/mol. The number of rotatable bonds is 6. The normalized spacial score (nSPS) is 11.5. The average Bonchev–Trinajstić information content (AvgIpc) is 2.36. The highest BCUT2D eigenvalue weighted by Gasteiger charge is 2.27. The smallest absolute Gasteiger partial charge is 0.159 e. The van der Waals surface area contributed by atoms with Crippen molar-refractivity contribution in [2.24, 2.45) is 0 Å². The highest BCUT2D eigenvalue weighted by molar-refractivity contribution is 5.94. The van der Waals surface area contributed by atoms with Gasteiger partial charge in [-0.05, 0) is 43.2 Å². The molecule has 1 nitrogen and oxygen atoms in total. The third kappa shape index (κ3) is 2.96. The Labute approximate surface area is 105 Å². The predicted octanol–water partition coefficient (Wildman–Crippen LogP) is 4.75. The molecule has 0 aliphatic heterocycles. The first-order valence-corrected chi connectivity index (χ1v) is 6.71. The molecule has 0 N–H and O–H groups in total. The molecular formula is C16H24O. The molecule has 0 aromatic heterocycles. The molecule has 0 fully saturated rings. The highest BCUT2D eigenvalue weighted by atomic mass is 16.1. The molecule has 0 unspecified atom stereocenters. The lowest BCUT2D eigenvalue weighted by atomic mass is 9.72. The summed E-state index contributed by atoms with van der Waals surface area (Å²) >= 11 is 0. The maximum atomic E-state index is 11.5. The van der Waals surface area contributed by atoms with Crippen LogP contribution in [0.4, 0.5) is 0 Å². The second-order valence-electron chi connectivity index (χ2n) is 4.87. The molecule has 1 rings (SSSR count). The molecule has 0 aliphatic carbocycles. The van der Waals surface area contributed by atoms with E-state index >= 15 is 0 Å². The standard InChI is InChI=1S/C16H24O/c1-5-11-16(6-2,7-3)15-10-8-9-14(12-15)13(4)17/h8-10,12H,5-7,11H2,1-4H3. The molecule has 1 heteroatoms. The molecule has 0 saturated heterocycles. The monoisotopic (exact) mass is 232 g/mol. The van der Waals surface area contributed by atoms with E-state index in [1.165, 1.54) is 18.4 Å². The van der Waals surface area contributed by atoms with Gasteiger partial charge in [-0.15, -0.1) is 0 Å². The quantitative estimate of drug-likeness (QED) is 0.647. The molecule has 94 valence electrons. The molecule has 0 radical (unpaired) electrons. The first-order chi connectivity index (χ1) is 8.09. The van der Waals surface area contributed by atoms with Crippen molar-refractivity contribution in [1.82, 2.24) is 0 Å². The maximum Gasteiger partial charge on any atom is 0.159 e. The summed E-state index contributed by atoms with van der Waals surface area (Å²) < 4.78 is 0. The van der Waals surface area contributed by atoms with Crippen LogP contribution in [-0.2, 0) is 5.41 Å². The lowest BCUT2D eigenvalue weighted by molar-refractivity contribution is 0.101. The average molecular weight is 232 g/mol. The van der Waals surface area contributed by atoms with Crippen LogP contribution in [0.25, 0.3) is 0 Å². The van der Waals surface area contributed by atoms with E-state index < -0.39 is 0 Å². The molecule has 17 heavy (non-hydrogen) atoms. The minimum atomic E-state index is 0.157. The summed E-state index contributed by atoms with van der Waals surface area (Å²) in [6, 6.07) is 8.19. The number of hydrogen-bond acceptors (Lipinski definition) is 1. The van der Waals surface area contributed by atoms with E-state index in [1.54, 1.807) is 6.92 Å². The van der Waals surface area contributed by atoms with Crippen molar-refractivity contribution in [3.05, 3.63) is 35.4 Å². The number of carbonyl (C=O) groups is 1. The summed E-state index contributed by atoms with van der Waals surface area (Å²) in [5.41, 5.74) is 2.42. The Bertz CT molecular complexity index is 375. The van der Waals surface area contributed by atoms with Gasteiger partial charge in [0.15, 0.2) is 5.78 Å². The molecule has 0 amide bonds. The number of Topliss-reactive ketones (excluding diaryl/α,β-unsaturated/α-hetero) is 1. The van der Waals surface area contributed by atoms with Gasteiger partial charge in [0.2, 0.25) is 0 Å². The summed E-state index contributed by atoms with van der Waals surface area (Å²) in [6.45, 7) is 8.37. The van der Waals surface area contributed by atoms with Gasteiger partial charge in [0.25, 0.3) is 0 Å². The van der Waals surface area contributed by atoms with Gasteiger partial charge in [-0.1, -0.05) is 45.4 Å². The van der Waals surface area contributed by atoms with Gasteiger partial charge < -0.3 is 0 Å². The van der Waals surface area contributed by atoms with Crippen molar-refractivity contribution in [2.75, 3.05) is 0 Å². The first kappa shape index (κ1) is 14.0. The van der Waals surface area contributed by atoms with E-state index in [-0.39, 0.29) is 11.2 Å². The van der Waals surface area contributed by atoms with Crippen LogP contribution in [0.3, 0.4) is 0 Å². The Balaban J connectivity index is 3.18. The fourth-order valence-electron chi connectivity index (χ4n) is 2.70. The molecule has 0 aliphatic rings. The minimum Gasteiger partial charge on any atom is -0.295 e. The van der Waals surface area contributed by atoms with Crippen LogP contribution in [0, 0.1) is 0 Å². The summed E-state index contributed by atoms with van der Waals surface area (Å²) in [6.07, 6.45) is 4.66. The van der Waals surface area contributed by atoms with Gasteiger partial charge in [0.05, 0.1) is 0 Å². The topological polar surface area (TPSA) is 17.1 Å². The highest BCUT2D eigenvalue weighted by Crippen LogP contribution is 2.36. The first-order valence-electron chi connectivity index (χ1n) is 6.71. The second kappa shape index (κ2) is 6.00. The van der Waals surface area contributed by atoms with E-state index in [0.29, 0.717) is 0 Å². The van der Waals surface area contributed by atoms with Gasteiger partial charge in [0, 0.05) is 5.56 Å². The molecular weight excluding hydrogens is 208 g/mol. The molecule has 0 saturated carbocycles. The Morgan fingerprint density at radius 3 is 2.29 bits per heavy atom. The lowest BCUT2D eigenvalue weighted by Gasteiger charge is -2.32. The molecule has 1 aromatic rings. The Kier molecular flexibility index (Phi) is 4.92. The van der Waals surface area contributed by atoms with Crippen molar-refractivity contribution in [3.8, 4) is 0 Å². The van der Waals surface area contributed by atoms with Crippen LogP contribution >= 0.6 is 0 Å². The zero-order valence-corrected chi connectivity index (χ0v) is 11.5. The van der Waals surface area contributed by atoms with Crippen molar-refractivity contribution in [3.63, 3.8) is 0 Å². The van der Waals surface area contributed by atoms with Gasteiger partial charge in [-0.3, -0.25) is 4.79 Å². The van der Waals surface area contributed by atoms with Gasteiger partial charge >= 0.3 is 0 Å². The lowest BCUT2D eigenvalue weighted by Crippen LogP contribution is -2.24. The van der Waals surface area contributed by atoms with E-state index in [1.807, 2.05) is 12.1 Å². The molecule has 0 spiro atoms. The van der Waals surface area contributed by atoms with E-state index in [2.05, 4.69) is 32.9 Å². The number of benzene rings is 1. The Morgan fingerprint density at radius 2 is 1.82 bits per heavy atom. The largest absolute Gasteiger partial charge is 0.295 e. The molecule has 0 bridgehead atoms. The Hall–Kier alpha value is -1.11. The number of carbonyl (C=O) groups excluding carboxylic acids is 1. The van der Waals surface area contributed by atoms with Crippen molar-refractivity contribution < 1.29 is 4.79 Å². The van der Waals surface area contributed by atoms with Crippen LogP contribution in [-0.4, -0.2) is 5.78 Å². The molecule has 0 atom stereocenters. The van der Waals surface area contributed by atoms with Crippen LogP contribution in [0.1, 0.15) is 69.3 Å². The molecule has 1 aromatic carbocycles. The van der Waals surface area contributed by atoms with E-state index in [9.17, 15) is 4.79 Å². The summed E-state index contributed by atoms with van der Waals surface area (Å²) in [5.74, 6) is 0.157. The van der Waals surface area contributed by atoms with Crippen LogP contribution < -0.4 is 0 Å². The van der Waals surface area contributed by atoms with E-state index in [4.69, 9.17) is 0 Å². The van der Waals surface area contributed by atoms with Crippen LogP contribution in [0.15, 0.2) is 24.3 Å². The molecule has 0 heterocycles. The fourth-order valence-corrected chi connectivity index (χ4v) is 2.70. The van der Waals surface area contributed by atoms with Crippen molar-refractivity contribution in [1.29, 1.82) is 0 Å².